The lowest BCUT2D eigenvalue weighted by Crippen LogP contribution is -1.89. The number of nitrogens with one attached hydrogen (secondary N) is 1. The highest BCUT2D eigenvalue weighted by Crippen LogP contribution is 2.25. The van der Waals surface area contributed by atoms with Crippen molar-refractivity contribution in [2.24, 2.45) is 0 Å². The number of hydrogen-bond acceptors (Lipinski definition) is 1. The second-order valence-electron chi connectivity index (χ2n) is 3.44. The summed E-state index contributed by atoms with van der Waals surface area (Å²) in [6.07, 6.45) is 8.67. The molecule has 1 aromatic heterocycles. The maximum Gasteiger partial charge on any atom is 0.104 e. The molecule has 3 N–H and O–H groups in total. The Morgan fingerprint density at radius 2 is 2.31 bits per heavy atom. The Labute approximate surface area is 78.2 Å². The molecule has 0 fully saturated rings. The lowest BCUT2D eigenvalue weighted by Gasteiger charge is -2.05. The molecule has 2 heteroatoms. The smallest absolute Gasteiger partial charge is 0.104 e. The SMILES string of the molecule is Cc1cc(C2=CC=CCC2)[nH]c1N. The molecule has 0 spiro atoms. The number of allylic oxidation sites excluding steroid dienone is 4. The average molecular weight is 174 g/mol. The first-order valence-corrected chi connectivity index (χ1v) is 4.58. The number of nitrogen functional groups attached to an aromatic ring is 1. The highest BCUT2D eigenvalue weighted by molar-refractivity contribution is 5.68. The molecule has 0 unspecified atom stereocenters. The van der Waals surface area contributed by atoms with Crippen LogP contribution in [0.2, 0.25) is 0 Å². The molecule has 0 aromatic carbocycles. The van der Waals surface area contributed by atoms with Gasteiger partial charge >= 0.3 is 0 Å². The van der Waals surface area contributed by atoms with Crippen molar-refractivity contribution in [3.05, 3.63) is 35.6 Å². The van der Waals surface area contributed by atoms with Crippen molar-refractivity contribution in [3.8, 4) is 0 Å². The lowest BCUT2D eigenvalue weighted by molar-refractivity contribution is 1.04. The summed E-state index contributed by atoms with van der Waals surface area (Å²) in [5.74, 6) is 0.783. The minimum absolute atomic E-state index is 0.783. The fourth-order valence-electron chi connectivity index (χ4n) is 1.57. The molecule has 0 atom stereocenters. The van der Waals surface area contributed by atoms with Gasteiger partial charge in [-0.15, -0.1) is 0 Å². The maximum atomic E-state index is 5.75. The highest BCUT2D eigenvalue weighted by Gasteiger charge is 2.06. The summed E-state index contributed by atoms with van der Waals surface area (Å²) in [6, 6.07) is 2.11. The molecule has 2 rings (SSSR count). The van der Waals surface area contributed by atoms with E-state index in [0.717, 1.165) is 24.2 Å². The molecule has 1 aromatic rings. The van der Waals surface area contributed by atoms with Crippen LogP contribution in [0.1, 0.15) is 24.1 Å². The van der Waals surface area contributed by atoms with E-state index in [9.17, 15) is 0 Å². The van der Waals surface area contributed by atoms with E-state index in [1.165, 1.54) is 11.3 Å². The predicted octanol–water partition coefficient (Wildman–Crippen LogP) is 2.64. The molecule has 13 heavy (non-hydrogen) atoms. The molecule has 0 amide bonds. The number of rotatable bonds is 1. The van der Waals surface area contributed by atoms with Crippen LogP contribution in [-0.2, 0) is 0 Å². The van der Waals surface area contributed by atoms with E-state index in [1.54, 1.807) is 0 Å². The largest absolute Gasteiger partial charge is 0.385 e. The summed E-state index contributed by atoms with van der Waals surface area (Å²) in [6.45, 7) is 2.02. The number of hydrogen-bond donors (Lipinski definition) is 2. The Balaban J connectivity index is 2.34. The third-order valence-corrected chi connectivity index (χ3v) is 2.41. The van der Waals surface area contributed by atoms with Crippen LogP contribution in [0.25, 0.3) is 5.57 Å². The van der Waals surface area contributed by atoms with Gasteiger partial charge < -0.3 is 10.7 Å². The fraction of sp³-hybridized carbons (Fsp3) is 0.273. The van der Waals surface area contributed by atoms with Crippen molar-refractivity contribution < 1.29 is 0 Å². The van der Waals surface area contributed by atoms with Crippen LogP contribution in [0.5, 0.6) is 0 Å². The molecule has 1 aliphatic carbocycles. The zero-order valence-electron chi connectivity index (χ0n) is 7.80. The van der Waals surface area contributed by atoms with Crippen LogP contribution in [0, 0.1) is 6.92 Å². The summed E-state index contributed by atoms with van der Waals surface area (Å²) in [5, 5.41) is 0. The van der Waals surface area contributed by atoms with E-state index in [0.29, 0.717) is 0 Å². The van der Waals surface area contributed by atoms with Crippen molar-refractivity contribution in [2.75, 3.05) is 5.73 Å². The minimum atomic E-state index is 0.783. The van der Waals surface area contributed by atoms with Gasteiger partial charge in [0, 0.05) is 5.69 Å². The van der Waals surface area contributed by atoms with E-state index in [2.05, 4.69) is 29.3 Å². The Bertz CT molecular complexity index is 350. The molecule has 0 radical (unpaired) electrons. The van der Waals surface area contributed by atoms with E-state index in [4.69, 9.17) is 5.73 Å². The summed E-state index contributed by atoms with van der Waals surface area (Å²) in [4.78, 5) is 3.19. The number of nitrogens with two attached hydrogens (primary N) is 1. The van der Waals surface area contributed by atoms with Crippen LogP contribution in [0.15, 0.2) is 24.3 Å². The van der Waals surface area contributed by atoms with Crippen LogP contribution in [-0.4, -0.2) is 4.98 Å². The Morgan fingerprint density at radius 1 is 1.46 bits per heavy atom. The van der Waals surface area contributed by atoms with Gasteiger partial charge in [-0.25, -0.2) is 0 Å². The maximum absolute atomic E-state index is 5.75. The third-order valence-electron chi connectivity index (χ3n) is 2.41. The summed E-state index contributed by atoms with van der Waals surface area (Å²) in [5.41, 5.74) is 9.39. The molecule has 0 bridgehead atoms. The van der Waals surface area contributed by atoms with Gasteiger partial charge in [0.15, 0.2) is 0 Å². The van der Waals surface area contributed by atoms with Gasteiger partial charge in [0.25, 0.3) is 0 Å². The number of anilines is 1. The van der Waals surface area contributed by atoms with Crippen molar-refractivity contribution in [1.82, 2.24) is 4.98 Å². The molecule has 1 aliphatic rings. The van der Waals surface area contributed by atoms with E-state index in [-0.39, 0.29) is 0 Å². The minimum Gasteiger partial charge on any atom is -0.385 e. The fourth-order valence-corrected chi connectivity index (χ4v) is 1.57. The second-order valence-corrected chi connectivity index (χ2v) is 3.44. The number of aryl methyl sites for hydroxylation is 1. The van der Waals surface area contributed by atoms with Gasteiger partial charge in [-0.2, -0.15) is 0 Å². The number of H-pyrrole nitrogens is 1. The second kappa shape index (κ2) is 3.13. The first kappa shape index (κ1) is 8.17. The molecular weight excluding hydrogens is 160 g/mol. The van der Waals surface area contributed by atoms with Crippen LogP contribution < -0.4 is 5.73 Å². The standard InChI is InChI=1S/C11H14N2/c1-8-7-10(13-11(8)12)9-5-3-2-4-6-9/h2-3,5,7,13H,4,6,12H2,1H3. The topological polar surface area (TPSA) is 41.8 Å². The van der Waals surface area contributed by atoms with Gasteiger partial charge in [0.05, 0.1) is 0 Å². The molecule has 1 heterocycles. The van der Waals surface area contributed by atoms with E-state index in [1.807, 2.05) is 6.92 Å². The zero-order chi connectivity index (χ0) is 9.26. The summed E-state index contributed by atoms with van der Waals surface area (Å²) >= 11 is 0. The van der Waals surface area contributed by atoms with E-state index >= 15 is 0 Å². The van der Waals surface area contributed by atoms with Gasteiger partial charge in [0.2, 0.25) is 0 Å². The van der Waals surface area contributed by atoms with Crippen molar-refractivity contribution in [1.29, 1.82) is 0 Å². The monoisotopic (exact) mass is 174 g/mol. The van der Waals surface area contributed by atoms with Gasteiger partial charge in [-0.05, 0) is 37.0 Å². The van der Waals surface area contributed by atoms with Crippen molar-refractivity contribution in [2.45, 2.75) is 19.8 Å². The Morgan fingerprint density at radius 3 is 2.85 bits per heavy atom. The van der Waals surface area contributed by atoms with Crippen molar-refractivity contribution in [3.63, 3.8) is 0 Å². The molecule has 0 saturated carbocycles. The lowest BCUT2D eigenvalue weighted by atomic mass is 10.0. The van der Waals surface area contributed by atoms with Crippen LogP contribution >= 0.6 is 0 Å². The molecule has 0 saturated heterocycles. The van der Waals surface area contributed by atoms with Crippen LogP contribution in [0.3, 0.4) is 0 Å². The normalized spacial score (nSPS) is 15.9. The quantitative estimate of drug-likeness (QED) is 0.675. The summed E-state index contributed by atoms with van der Waals surface area (Å²) < 4.78 is 0. The van der Waals surface area contributed by atoms with Crippen molar-refractivity contribution >= 4 is 11.4 Å². The Kier molecular flexibility index (Phi) is 1.97. The number of aromatic amines is 1. The molecule has 0 aliphatic heterocycles. The third kappa shape index (κ3) is 1.52. The highest BCUT2D eigenvalue weighted by atomic mass is 14.9. The van der Waals surface area contributed by atoms with Gasteiger partial charge in [-0.3, -0.25) is 0 Å². The molecule has 68 valence electrons. The predicted molar refractivity (Wildman–Crippen MR) is 56.3 cm³/mol. The van der Waals surface area contributed by atoms with Gasteiger partial charge in [-0.1, -0.05) is 18.2 Å². The molecule has 2 nitrogen and oxygen atoms in total. The zero-order valence-corrected chi connectivity index (χ0v) is 7.80. The average Bonchev–Trinajstić information content (AvgIpc) is 2.49. The first-order valence-electron chi connectivity index (χ1n) is 4.58. The van der Waals surface area contributed by atoms with Crippen LogP contribution in [0.4, 0.5) is 5.82 Å². The van der Waals surface area contributed by atoms with E-state index < -0.39 is 0 Å². The first-order chi connectivity index (χ1) is 6.27. The molecular formula is C11H14N2. The Hall–Kier alpha value is -1.44. The summed E-state index contributed by atoms with van der Waals surface area (Å²) in [7, 11) is 0. The number of aromatic nitrogens is 1. The van der Waals surface area contributed by atoms with Gasteiger partial charge in [0.1, 0.15) is 5.82 Å².